The highest BCUT2D eigenvalue weighted by Crippen LogP contribution is 2.43. The van der Waals surface area contributed by atoms with Crippen molar-refractivity contribution in [2.24, 2.45) is 7.05 Å². The van der Waals surface area contributed by atoms with Gasteiger partial charge in [-0.25, -0.2) is 9.78 Å². The number of methoxy groups -OCH3 is 3. The summed E-state index contributed by atoms with van der Waals surface area (Å²) in [5, 5.41) is 1.54. The predicted molar refractivity (Wildman–Crippen MR) is 136 cm³/mol. The Balaban J connectivity index is 2.06. The Labute approximate surface area is 208 Å². The van der Waals surface area contributed by atoms with Crippen molar-refractivity contribution in [3.63, 3.8) is 0 Å². The number of para-hydroxylation sites is 1. The highest BCUT2D eigenvalue weighted by atomic mass is 32.2. The third kappa shape index (κ3) is 4.77. The highest BCUT2D eigenvalue weighted by molar-refractivity contribution is 7.98. The van der Waals surface area contributed by atoms with Crippen LogP contribution in [0.25, 0.3) is 22.0 Å². The van der Waals surface area contributed by atoms with Crippen molar-refractivity contribution >= 4 is 28.6 Å². The summed E-state index contributed by atoms with van der Waals surface area (Å²) in [6.45, 7) is 2.02. The molecule has 35 heavy (non-hydrogen) atoms. The van der Waals surface area contributed by atoms with Gasteiger partial charge in [-0.05, 0) is 19.1 Å². The van der Waals surface area contributed by atoms with E-state index in [-0.39, 0.29) is 6.61 Å². The van der Waals surface area contributed by atoms with E-state index in [1.807, 2.05) is 54.2 Å². The van der Waals surface area contributed by atoms with Crippen LogP contribution in [0.2, 0.25) is 0 Å². The lowest BCUT2D eigenvalue weighted by molar-refractivity contribution is 0.0526. The molecule has 0 saturated carbocycles. The lowest BCUT2D eigenvalue weighted by atomic mass is 9.93. The van der Waals surface area contributed by atoms with Crippen molar-refractivity contribution in [1.29, 1.82) is 0 Å². The molecule has 2 aromatic heterocycles. The van der Waals surface area contributed by atoms with Gasteiger partial charge in [0.2, 0.25) is 0 Å². The first-order valence-corrected chi connectivity index (χ1v) is 12.0. The Hall–Kier alpha value is -3.72. The predicted octanol–water partition coefficient (Wildman–Crippen LogP) is 5.13. The van der Waals surface area contributed by atoms with Gasteiger partial charge in [0, 0.05) is 47.8 Å². The fourth-order valence-electron chi connectivity index (χ4n) is 3.92. The summed E-state index contributed by atoms with van der Waals surface area (Å²) >= 11 is 1.49. The van der Waals surface area contributed by atoms with Gasteiger partial charge < -0.3 is 23.5 Å². The van der Waals surface area contributed by atoms with E-state index >= 15 is 0 Å². The average molecular weight is 494 g/mol. The molecule has 0 atom stereocenters. The quantitative estimate of drug-likeness (QED) is 0.234. The number of esters is 1. The third-order valence-corrected chi connectivity index (χ3v) is 6.61. The number of fused-ring (bicyclic) bond motifs is 1. The second kappa shape index (κ2) is 10.7. The SMILES string of the molecule is CCOC(=O)c1c(CSc2nccn2C)nc2cc(OC)c(OC)cc2c1-c1ccccc1OC. The molecule has 8 nitrogen and oxygen atoms in total. The molecule has 0 aliphatic carbocycles. The van der Waals surface area contributed by atoms with Gasteiger partial charge in [0.1, 0.15) is 5.75 Å². The first-order valence-electron chi connectivity index (χ1n) is 11.0. The smallest absolute Gasteiger partial charge is 0.340 e. The second-order valence-electron chi connectivity index (χ2n) is 7.56. The number of ether oxygens (including phenoxy) is 4. The molecule has 0 bridgehead atoms. The van der Waals surface area contributed by atoms with E-state index in [1.165, 1.54) is 11.8 Å². The summed E-state index contributed by atoms with van der Waals surface area (Å²) in [7, 11) is 6.68. The van der Waals surface area contributed by atoms with Gasteiger partial charge in [0.25, 0.3) is 0 Å². The van der Waals surface area contributed by atoms with Crippen molar-refractivity contribution in [3.05, 3.63) is 60.0 Å². The van der Waals surface area contributed by atoms with E-state index in [2.05, 4.69) is 4.98 Å². The van der Waals surface area contributed by atoms with Gasteiger partial charge in [-0.1, -0.05) is 30.0 Å². The molecule has 2 aromatic carbocycles. The number of nitrogens with zero attached hydrogens (tertiary/aromatic N) is 3. The van der Waals surface area contributed by atoms with Crippen molar-refractivity contribution in [2.75, 3.05) is 27.9 Å². The molecule has 0 fully saturated rings. The molecule has 4 rings (SSSR count). The Bertz CT molecular complexity index is 1370. The maximum Gasteiger partial charge on any atom is 0.340 e. The summed E-state index contributed by atoms with van der Waals surface area (Å²) in [6.07, 6.45) is 3.61. The number of benzene rings is 2. The van der Waals surface area contributed by atoms with Gasteiger partial charge in [0.15, 0.2) is 16.7 Å². The van der Waals surface area contributed by atoms with Crippen LogP contribution < -0.4 is 14.2 Å². The lowest BCUT2D eigenvalue weighted by Gasteiger charge is -2.19. The zero-order chi connectivity index (χ0) is 24.9. The topological polar surface area (TPSA) is 84.7 Å². The van der Waals surface area contributed by atoms with Crippen LogP contribution in [0, 0.1) is 0 Å². The fourth-order valence-corrected chi connectivity index (χ4v) is 4.80. The number of rotatable bonds is 9. The van der Waals surface area contributed by atoms with E-state index < -0.39 is 5.97 Å². The van der Waals surface area contributed by atoms with Gasteiger partial charge in [-0.15, -0.1) is 0 Å². The van der Waals surface area contributed by atoms with Gasteiger partial charge >= 0.3 is 5.97 Å². The minimum absolute atomic E-state index is 0.236. The fraction of sp³-hybridized carbons (Fsp3) is 0.269. The molecule has 0 N–H and O–H groups in total. The molecule has 0 radical (unpaired) electrons. The van der Waals surface area contributed by atoms with Crippen LogP contribution >= 0.6 is 11.8 Å². The number of pyridine rings is 1. The Kier molecular flexibility index (Phi) is 7.45. The zero-order valence-electron chi connectivity index (χ0n) is 20.3. The normalized spacial score (nSPS) is 10.9. The number of hydrogen-bond donors (Lipinski definition) is 0. The van der Waals surface area contributed by atoms with Gasteiger partial charge in [-0.3, -0.25) is 4.98 Å². The van der Waals surface area contributed by atoms with E-state index in [0.717, 1.165) is 16.1 Å². The molecule has 0 saturated heterocycles. The van der Waals surface area contributed by atoms with Crippen LogP contribution in [0.15, 0.2) is 53.9 Å². The number of thioether (sulfide) groups is 1. The first kappa shape index (κ1) is 24.4. The van der Waals surface area contributed by atoms with Crippen molar-refractivity contribution < 1.29 is 23.7 Å². The monoisotopic (exact) mass is 493 g/mol. The molecule has 182 valence electrons. The maximum atomic E-state index is 13.4. The summed E-state index contributed by atoms with van der Waals surface area (Å²) < 4.78 is 24.2. The minimum atomic E-state index is -0.451. The minimum Gasteiger partial charge on any atom is -0.496 e. The standard InChI is InChI=1S/C26H27N3O5S/c1-6-34-25(30)24-19(15-35-26-27-11-12-29(26)2)28-18-14-22(33-5)21(32-4)13-17(18)23(24)16-9-7-8-10-20(16)31-3/h7-14H,6,15H2,1-5H3. The molecule has 0 aliphatic rings. The van der Waals surface area contributed by atoms with Crippen molar-refractivity contribution in [1.82, 2.24) is 14.5 Å². The van der Waals surface area contributed by atoms with Crippen LogP contribution in [-0.4, -0.2) is 48.4 Å². The largest absolute Gasteiger partial charge is 0.496 e. The van der Waals surface area contributed by atoms with Crippen molar-refractivity contribution in [3.8, 4) is 28.4 Å². The Morgan fingerprint density at radius 3 is 2.40 bits per heavy atom. The second-order valence-corrected chi connectivity index (χ2v) is 8.51. The zero-order valence-corrected chi connectivity index (χ0v) is 21.1. The molecule has 2 heterocycles. The summed E-state index contributed by atoms with van der Waals surface area (Å²) in [5.74, 6) is 1.66. The lowest BCUT2D eigenvalue weighted by Crippen LogP contribution is -2.13. The number of imidazole rings is 1. The van der Waals surface area contributed by atoms with E-state index in [9.17, 15) is 4.79 Å². The summed E-state index contributed by atoms with van der Waals surface area (Å²) in [6, 6.07) is 11.2. The maximum absolute atomic E-state index is 13.4. The number of aromatic nitrogens is 3. The molecule has 0 unspecified atom stereocenters. The number of aryl methyl sites for hydroxylation is 1. The van der Waals surface area contributed by atoms with Crippen LogP contribution in [0.4, 0.5) is 0 Å². The third-order valence-electron chi connectivity index (χ3n) is 5.54. The van der Waals surface area contributed by atoms with Crippen LogP contribution in [0.3, 0.4) is 0 Å². The van der Waals surface area contributed by atoms with Gasteiger partial charge in [-0.2, -0.15) is 0 Å². The van der Waals surface area contributed by atoms with Gasteiger partial charge in [0.05, 0.1) is 44.7 Å². The molecule has 0 amide bonds. The number of hydrogen-bond acceptors (Lipinski definition) is 8. The molecule has 0 aliphatic heterocycles. The van der Waals surface area contributed by atoms with E-state index in [4.69, 9.17) is 23.9 Å². The summed E-state index contributed by atoms with van der Waals surface area (Å²) in [5.41, 5.74) is 3.05. The highest BCUT2D eigenvalue weighted by Gasteiger charge is 2.26. The Morgan fingerprint density at radius 2 is 1.74 bits per heavy atom. The molecule has 0 spiro atoms. The van der Waals surface area contributed by atoms with Crippen molar-refractivity contribution in [2.45, 2.75) is 17.8 Å². The molecule has 9 heteroatoms. The summed E-state index contributed by atoms with van der Waals surface area (Å²) in [4.78, 5) is 22.7. The van der Waals surface area contributed by atoms with E-state index in [0.29, 0.717) is 45.3 Å². The first-order chi connectivity index (χ1) is 17.0. The van der Waals surface area contributed by atoms with Crippen LogP contribution in [0.1, 0.15) is 23.0 Å². The molecule has 4 aromatic rings. The average Bonchev–Trinajstić information content (AvgIpc) is 3.30. The van der Waals surface area contributed by atoms with Crippen LogP contribution in [0.5, 0.6) is 17.2 Å². The number of carbonyl (C=O) groups is 1. The Morgan fingerprint density at radius 1 is 1.03 bits per heavy atom. The van der Waals surface area contributed by atoms with Crippen LogP contribution in [-0.2, 0) is 17.5 Å². The molecular weight excluding hydrogens is 466 g/mol. The number of carbonyl (C=O) groups excluding carboxylic acids is 1. The molecular formula is C26H27N3O5S. The van der Waals surface area contributed by atoms with E-state index in [1.54, 1.807) is 34.4 Å².